The number of rotatable bonds is 10. The fraction of sp³-hybridized carbons (Fsp3) is 0.391. The number of ether oxygens (including phenoxy) is 1. The van der Waals surface area contributed by atoms with Crippen LogP contribution in [0.1, 0.15) is 46.5 Å². The number of unbranched alkanes of at least 4 members (excludes halogenated alkanes) is 2. The second-order valence-electron chi connectivity index (χ2n) is 6.76. The summed E-state index contributed by atoms with van der Waals surface area (Å²) >= 11 is 1.57. The molecule has 29 heavy (non-hydrogen) atoms. The van der Waals surface area contributed by atoms with Gasteiger partial charge >= 0.3 is 12.0 Å². The Kier molecular flexibility index (Phi) is 9.57. The van der Waals surface area contributed by atoms with E-state index < -0.39 is 0 Å². The number of hydrogen-bond acceptors (Lipinski definition) is 4. The second kappa shape index (κ2) is 12.2. The van der Waals surface area contributed by atoms with Crippen LogP contribution in [0.3, 0.4) is 0 Å². The lowest BCUT2D eigenvalue weighted by atomic mass is 10.2. The number of esters is 1. The average molecular weight is 415 g/mol. The number of nitrogens with zero attached hydrogens (tertiary/aromatic N) is 1. The predicted octanol–water partition coefficient (Wildman–Crippen LogP) is 5.88. The van der Waals surface area contributed by atoms with Gasteiger partial charge in [0, 0.05) is 35.5 Å². The molecule has 0 radical (unpaired) electrons. The molecule has 0 heterocycles. The first kappa shape index (κ1) is 22.8. The molecule has 2 aromatic rings. The largest absolute Gasteiger partial charge is 0.427 e. The first-order valence-electron chi connectivity index (χ1n) is 10.1. The molecule has 0 aliphatic heterocycles. The minimum Gasteiger partial charge on any atom is -0.427 e. The Hall–Kier alpha value is -2.47. The van der Waals surface area contributed by atoms with Crippen molar-refractivity contribution in [1.29, 1.82) is 0 Å². The van der Waals surface area contributed by atoms with Crippen molar-refractivity contribution >= 4 is 29.4 Å². The van der Waals surface area contributed by atoms with Crippen LogP contribution in [0.15, 0.2) is 58.3 Å². The molecular weight excluding hydrogens is 384 g/mol. The SMILES string of the molecule is CCCCNC(=O)N(CCCC)c1cccc(Sc2cccc(OC(C)=O)c2)c1. The topological polar surface area (TPSA) is 58.6 Å². The van der Waals surface area contributed by atoms with Gasteiger partial charge in [0.1, 0.15) is 5.75 Å². The lowest BCUT2D eigenvalue weighted by Gasteiger charge is -2.23. The molecule has 0 atom stereocenters. The van der Waals surface area contributed by atoms with Crippen LogP contribution in [0.5, 0.6) is 5.75 Å². The number of urea groups is 1. The zero-order valence-corrected chi connectivity index (χ0v) is 18.3. The van der Waals surface area contributed by atoms with E-state index in [9.17, 15) is 9.59 Å². The molecule has 0 saturated carbocycles. The summed E-state index contributed by atoms with van der Waals surface area (Å²) in [6.07, 6.45) is 3.99. The van der Waals surface area contributed by atoms with Gasteiger partial charge < -0.3 is 10.1 Å². The summed E-state index contributed by atoms with van der Waals surface area (Å²) in [6.45, 7) is 6.99. The lowest BCUT2D eigenvalue weighted by Crippen LogP contribution is -2.41. The Morgan fingerprint density at radius 3 is 2.38 bits per heavy atom. The minimum atomic E-state index is -0.338. The third-order valence-corrected chi connectivity index (χ3v) is 5.20. The molecule has 156 valence electrons. The van der Waals surface area contributed by atoms with Crippen molar-refractivity contribution in [3.63, 3.8) is 0 Å². The van der Waals surface area contributed by atoms with Crippen molar-refractivity contribution in [3.8, 4) is 5.75 Å². The van der Waals surface area contributed by atoms with Gasteiger partial charge in [0.25, 0.3) is 0 Å². The molecule has 2 aromatic carbocycles. The molecular formula is C23H30N2O3S. The minimum absolute atomic E-state index is 0.0501. The van der Waals surface area contributed by atoms with E-state index in [2.05, 4.69) is 19.2 Å². The number of amides is 2. The van der Waals surface area contributed by atoms with E-state index in [1.807, 2.05) is 47.4 Å². The lowest BCUT2D eigenvalue weighted by molar-refractivity contribution is -0.131. The maximum atomic E-state index is 12.7. The van der Waals surface area contributed by atoms with Crippen LogP contribution in [0.4, 0.5) is 10.5 Å². The van der Waals surface area contributed by atoms with Crippen LogP contribution in [-0.2, 0) is 4.79 Å². The van der Waals surface area contributed by atoms with Gasteiger partial charge in [0.2, 0.25) is 0 Å². The fourth-order valence-electron chi connectivity index (χ4n) is 2.75. The van der Waals surface area contributed by atoms with Gasteiger partial charge in [-0.25, -0.2) is 4.79 Å². The van der Waals surface area contributed by atoms with Crippen LogP contribution in [0.2, 0.25) is 0 Å². The third kappa shape index (κ3) is 7.81. The predicted molar refractivity (Wildman–Crippen MR) is 119 cm³/mol. The van der Waals surface area contributed by atoms with Crippen molar-refractivity contribution < 1.29 is 14.3 Å². The summed E-state index contributed by atoms with van der Waals surface area (Å²) in [7, 11) is 0. The molecule has 0 aliphatic rings. The molecule has 0 unspecified atom stereocenters. The zero-order chi connectivity index (χ0) is 21.1. The Morgan fingerprint density at radius 1 is 1.00 bits per heavy atom. The molecule has 2 rings (SSSR count). The maximum Gasteiger partial charge on any atom is 0.321 e. The number of hydrogen-bond donors (Lipinski definition) is 1. The first-order chi connectivity index (χ1) is 14.0. The van der Waals surface area contributed by atoms with E-state index in [1.54, 1.807) is 17.8 Å². The van der Waals surface area contributed by atoms with Crippen molar-refractivity contribution in [2.24, 2.45) is 0 Å². The summed E-state index contributed by atoms with van der Waals surface area (Å²) in [5.41, 5.74) is 0.883. The number of carbonyl (C=O) groups excluding carboxylic acids is 2. The smallest absolute Gasteiger partial charge is 0.321 e. The van der Waals surface area contributed by atoms with E-state index >= 15 is 0 Å². The van der Waals surface area contributed by atoms with Crippen LogP contribution in [-0.4, -0.2) is 25.1 Å². The highest BCUT2D eigenvalue weighted by Gasteiger charge is 2.15. The van der Waals surface area contributed by atoms with E-state index in [-0.39, 0.29) is 12.0 Å². The van der Waals surface area contributed by atoms with Crippen molar-refractivity contribution in [3.05, 3.63) is 48.5 Å². The number of nitrogens with one attached hydrogen (secondary N) is 1. The Balaban J connectivity index is 2.16. The van der Waals surface area contributed by atoms with Crippen LogP contribution in [0, 0.1) is 0 Å². The monoisotopic (exact) mass is 414 g/mol. The summed E-state index contributed by atoms with van der Waals surface area (Å²) in [6, 6.07) is 15.3. The van der Waals surface area contributed by atoms with E-state index in [1.165, 1.54) is 6.92 Å². The molecule has 0 spiro atoms. The highest BCUT2D eigenvalue weighted by Crippen LogP contribution is 2.32. The van der Waals surface area contributed by atoms with Crippen molar-refractivity contribution in [2.75, 3.05) is 18.0 Å². The van der Waals surface area contributed by atoms with Crippen LogP contribution < -0.4 is 15.0 Å². The number of anilines is 1. The molecule has 0 fully saturated rings. The Morgan fingerprint density at radius 2 is 1.69 bits per heavy atom. The highest BCUT2D eigenvalue weighted by molar-refractivity contribution is 7.99. The molecule has 0 aromatic heterocycles. The molecule has 0 saturated heterocycles. The van der Waals surface area contributed by atoms with Gasteiger partial charge in [-0.1, -0.05) is 50.6 Å². The average Bonchev–Trinajstić information content (AvgIpc) is 2.68. The molecule has 2 amide bonds. The highest BCUT2D eigenvalue weighted by atomic mass is 32.2. The summed E-state index contributed by atoms with van der Waals surface area (Å²) in [5.74, 6) is 0.188. The normalized spacial score (nSPS) is 10.4. The third-order valence-electron chi connectivity index (χ3n) is 4.22. The second-order valence-corrected chi connectivity index (χ2v) is 7.91. The molecule has 1 N–H and O–H groups in total. The first-order valence-corrected chi connectivity index (χ1v) is 11.0. The van der Waals surface area contributed by atoms with Crippen LogP contribution >= 0.6 is 11.8 Å². The van der Waals surface area contributed by atoms with Gasteiger partial charge in [-0.15, -0.1) is 0 Å². The molecule has 6 heteroatoms. The fourth-order valence-corrected chi connectivity index (χ4v) is 3.67. The van der Waals surface area contributed by atoms with E-state index in [4.69, 9.17) is 4.74 Å². The van der Waals surface area contributed by atoms with Gasteiger partial charge in [-0.3, -0.25) is 9.69 Å². The number of carbonyl (C=O) groups is 2. The van der Waals surface area contributed by atoms with Gasteiger partial charge in [-0.2, -0.15) is 0 Å². The quantitative estimate of drug-likeness (QED) is 0.300. The van der Waals surface area contributed by atoms with Crippen molar-refractivity contribution in [1.82, 2.24) is 5.32 Å². The van der Waals surface area contributed by atoms with Gasteiger partial charge in [0.15, 0.2) is 0 Å². The standard InChI is InChI=1S/C23H30N2O3S/c1-4-6-14-24-23(27)25(15-7-5-2)19-10-8-12-21(16-19)29-22-13-9-11-20(17-22)28-18(3)26/h8-13,16-17H,4-7,14-15H2,1-3H3,(H,24,27). The summed E-state index contributed by atoms with van der Waals surface area (Å²) < 4.78 is 5.16. The van der Waals surface area contributed by atoms with Gasteiger partial charge in [-0.05, 0) is 49.2 Å². The molecule has 5 nitrogen and oxygen atoms in total. The molecule has 0 aliphatic carbocycles. The molecule has 0 bridgehead atoms. The van der Waals surface area contributed by atoms with E-state index in [0.29, 0.717) is 18.8 Å². The van der Waals surface area contributed by atoms with E-state index in [0.717, 1.165) is 41.2 Å². The maximum absolute atomic E-state index is 12.7. The van der Waals surface area contributed by atoms with Crippen LogP contribution in [0.25, 0.3) is 0 Å². The Bertz CT molecular complexity index is 810. The van der Waals surface area contributed by atoms with Crippen molar-refractivity contribution in [2.45, 2.75) is 56.2 Å². The summed E-state index contributed by atoms with van der Waals surface area (Å²) in [4.78, 5) is 27.7. The summed E-state index contributed by atoms with van der Waals surface area (Å²) in [5, 5.41) is 3.02. The van der Waals surface area contributed by atoms with Gasteiger partial charge in [0.05, 0.1) is 0 Å². The Labute approximate surface area is 177 Å². The number of benzene rings is 2. The zero-order valence-electron chi connectivity index (χ0n) is 17.4.